The Morgan fingerprint density at radius 3 is 2.53 bits per heavy atom. The van der Waals surface area contributed by atoms with Crippen LogP contribution in [0, 0.1) is 0 Å². The molecule has 1 N–H and O–H groups in total. The molecule has 0 bridgehead atoms. The lowest BCUT2D eigenvalue weighted by molar-refractivity contribution is 0.0696. The van der Waals surface area contributed by atoms with E-state index in [2.05, 4.69) is 0 Å². The summed E-state index contributed by atoms with van der Waals surface area (Å²) in [7, 11) is 0. The molecule has 2 aromatic rings. The number of benzene rings is 2. The van der Waals surface area contributed by atoms with Crippen molar-refractivity contribution in [2.24, 2.45) is 0 Å². The Kier molecular flexibility index (Phi) is 3.75. The fraction of sp³-hybridized carbons (Fsp3) is 0.0714. The molecular formula is C14H10F2O3. The molecular weight excluding hydrogens is 254 g/mol. The highest BCUT2D eigenvalue weighted by Crippen LogP contribution is 2.32. The third kappa shape index (κ3) is 3.07. The molecule has 0 spiro atoms. The van der Waals surface area contributed by atoms with Gasteiger partial charge in [0.1, 0.15) is 11.5 Å². The highest BCUT2D eigenvalue weighted by atomic mass is 19.3. The number of carboxylic acids is 1. The van der Waals surface area contributed by atoms with Crippen LogP contribution in [0.1, 0.15) is 22.3 Å². The quantitative estimate of drug-likeness (QED) is 0.903. The molecule has 19 heavy (non-hydrogen) atoms. The molecule has 0 atom stereocenters. The molecule has 0 heterocycles. The molecule has 2 aromatic carbocycles. The molecule has 0 saturated carbocycles. The summed E-state index contributed by atoms with van der Waals surface area (Å²) in [6.07, 6.45) is -2.65. The standard InChI is InChI=1S/C14H10F2O3/c15-13(16)11-6-1-2-7-12(11)19-10-5-3-4-9(8-10)14(17)18/h1-8,13H,(H,17,18). The Labute approximate surface area is 108 Å². The monoisotopic (exact) mass is 264 g/mol. The maximum atomic E-state index is 12.8. The van der Waals surface area contributed by atoms with Crippen molar-refractivity contribution in [3.05, 3.63) is 59.7 Å². The number of hydrogen-bond acceptors (Lipinski definition) is 2. The van der Waals surface area contributed by atoms with Crippen LogP contribution in [0.5, 0.6) is 11.5 Å². The zero-order valence-corrected chi connectivity index (χ0v) is 9.72. The zero-order chi connectivity index (χ0) is 13.8. The SMILES string of the molecule is O=C(O)c1cccc(Oc2ccccc2C(F)F)c1. The molecule has 2 rings (SSSR count). The van der Waals surface area contributed by atoms with Crippen LogP contribution >= 0.6 is 0 Å². The molecule has 0 aliphatic heterocycles. The van der Waals surface area contributed by atoms with E-state index >= 15 is 0 Å². The summed E-state index contributed by atoms with van der Waals surface area (Å²) in [5.41, 5.74) is -0.199. The number of hydrogen-bond donors (Lipinski definition) is 1. The second-order valence-electron chi connectivity index (χ2n) is 3.77. The van der Waals surface area contributed by atoms with Crippen molar-refractivity contribution in [1.82, 2.24) is 0 Å². The highest BCUT2D eigenvalue weighted by Gasteiger charge is 2.14. The predicted molar refractivity (Wildman–Crippen MR) is 64.9 cm³/mol. The maximum Gasteiger partial charge on any atom is 0.335 e. The van der Waals surface area contributed by atoms with Crippen LogP contribution in [0.2, 0.25) is 0 Å². The van der Waals surface area contributed by atoms with Gasteiger partial charge in [-0.2, -0.15) is 0 Å². The summed E-state index contributed by atoms with van der Waals surface area (Å²) < 4.78 is 30.8. The van der Waals surface area contributed by atoms with Gasteiger partial charge in [0.15, 0.2) is 0 Å². The first kappa shape index (κ1) is 13.0. The van der Waals surface area contributed by atoms with Crippen LogP contribution in [0.25, 0.3) is 0 Å². The number of aromatic carboxylic acids is 1. The molecule has 0 aliphatic carbocycles. The molecule has 0 saturated heterocycles. The summed E-state index contributed by atoms with van der Waals surface area (Å²) in [6.45, 7) is 0. The van der Waals surface area contributed by atoms with Gasteiger partial charge in [-0.1, -0.05) is 18.2 Å². The number of para-hydroxylation sites is 1. The van der Waals surface area contributed by atoms with Crippen molar-refractivity contribution in [2.45, 2.75) is 6.43 Å². The highest BCUT2D eigenvalue weighted by molar-refractivity contribution is 5.88. The normalized spacial score (nSPS) is 10.5. The molecule has 0 radical (unpaired) electrons. The largest absolute Gasteiger partial charge is 0.478 e. The Balaban J connectivity index is 2.31. The van der Waals surface area contributed by atoms with E-state index in [4.69, 9.17) is 9.84 Å². The van der Waals surface area contributed by atoms with Crippen molar-refractivity contribution in [1.29, 1.82) is 0 Å². The molecule has 0 aromatic heterocycles. The van der Waals surface area contributed by atoms with Crippen molar-refractivity contribution in [3.8, 4) is 11.5 Å². The van der Waals surface area contributed by atoms with E-state index in [9.17, 15) is 13.6 Å². The second kappa shape index (κ2) is 5.48. The Morgan fingerprint density at radius 2 is 1.84 bits per heavy atom. The smallest absolute Gasteiger partial charge is 0.335 e. The Hall–Kier alpha value is -2.43. The van der Waals surface area contributed by atoms with Crippen molar-refractivity contribution in [2.75, 3.05) is 0 Å². The van der Waals surface area contributed by atoms with Gasteiger partial charge in [-0.3, -0.25) is 0 Å². The molecule has 0 fully saturated rings. The van der Waals surface area contributed by atoms with Gasteiger partial charge in [0.25, 0.3) is 6.43 Å². The van der Waals surface area contributed by atoms with Crippen LogP contribution < -0.4 is 4.74 Å². The number of alkyl halides is 2. The van der Waals surface area contributed by atoms with Gasteiger partial charge < -0.3 is 9.84 Å². The average molecular weight is 264 g/mol. The van der Waals surface area contributed by atoms with E-state index < -0.39 is 12.4 Å². The lowest BCUT2D eigenvalue weighted by atomic mass is 10.2. The number of rotatable bonds is 4. The van der Waals surface area contributed by atoms with E-state index in [0.29, 0.717) is 0 Å². The molecule has 3 nitrogen and oxygen atoms in total. The van der Waals surface area contributed by atoms with Crippen LogP contribution in [0.15, 0.2) is 48.5 Å². The topological polar surface area (TPSA) is 46.5 Å². The lowest BCUT2D eigenvalue weighted by Gasteiger charge is -2.10. The molecule has 0 unspecified atom stereocenters. The number of halogens is 2. The lowest BCUT2D eigenvalue weighted by Crippen LogP contribution is -1.97. The van der Waals surface area contributed by atoms with Gasteiger partial charge in [-0.15, -0.1) is 0 Å². The van der Waals surface area contributed by atoms with Crippen LogP contribution in [-0.4, -0.2) is 11.1 Å². The van der Waals surface area contributed by atoms with Crippen molar-refractivity contribution in [3.63, 3.8) is 0 Å². The van der Waals surface area contributed by atoms with E-state index in [1.54, 1.807) is 6.07 Å². The average Bonchev–Trinajstić information content (AvgIpc) is 2.39. The third-order valence-corrected chi connectivity index (χ3v) is 2.46. The van der Waals surface area contributed by atoms with Crippen LogP contribution in [0.3, 0.4) is 0 Å². The number of ether oxygens (including phenoxy) is 1. The summed E-state index contributed by atoms with van der Waals surface area (Å²) >= 11 is 0. The number of carboxylic acid groups (broad SMARTS) is 1. The van der Waals surface area contributed by atoms with E-state index in [0.717, 1.165) is 0 Å². The predicted octanol–water partition coefficient (Wildman–Crippen LogP) is 4.11. The first-order valence-electron chi connectivity index (χ1n) is 5.46. The molecule has 0 amide bonds. The van der Waals surface area contributed by atoms with Crippen LogP contribution in [0.4, 0.5) is 8.78 Å². The van der Waals surface area contributed by atoms with E-state index in [-0.39, 0.29) is 22.6 Å². The van der Waals surface area contributed by atoms with Gasteiger partial charge >= 0.3 is 5.97 Å². The summed E-state index contributed by atoms with van der Waals surface area (Å²) in [6, 6.07) is 11.4. The van der Waals surface area contributed by atoms with Gasteiger partial charge in [0.05, 0.1) is 11.1 Å². The van der Waals surface area contributed by atoms with Crippen LogP contribution in [-0.2, 0) is 0 Å². The second-order valence-corrected chi connectivity index (χ2v) is 3.77. The van der Waals surface area contributed by atoms with E-state index in [1.165, 1.54) is 42.5 Å². The van der Waals surface area contributed by atoms with Crippen molar-refractivity contribution < 1.29 is 23.4 Å². The Bertz CT molecular complexity index is 597. The summed E-state index contributed by atoms with van der Waals surface area (Å²) in [5, 5.41) is 8.84. The van der Waals surface area contributed by atoms with E-state index in [1.807, 2.05) is 0 Å². The first-order chi connectivity index (χ1) is 9.08. The Morgan fingerprint density at radius 1 is 1.11 bits per heavy atom. The molecule has 0 aliphatic rings. The minimum absolute atomic E-state index is 0.0139. The van der Waals surface area contributed by atoms with Gasteiger partial charge in [-0.05, 0) is 30.3 Å². The summed E-state index contributed by atoms with van der Waals surface area (Å²) in [4.78, 5) is 10.8. The van der Waals surface area contributed by atoms with Gasteiger partial charge in [0, 0.05) is 0 Å². The fourth-order valence-corrected chi connectivity index (χ4v) is 1.57. The maximum absolute atomic E-state index is 12.8. The summed E-state index contributed by atoms with van der Waals surface area (Å²) in [5.74, 6) is -0.888. The van der Waals surface area contributed by atoms with Gasteiger partial charge in [-0.25, -0.2) is 13.6 Å². The minimum atomic E-state index is -2.65. The van der Waals surface area contributed by atoms with Gasteiger partial charge in [0.2, 0.25) is 0 Å². The molecule has 98 valence electrons. The fourth-order valence-electron chi connectivity index (χ4n) is 1.57. The zero-order valence-electron chi connectivity index (χ0n) is 9.72. The first-order valence-corrected chi connectivity index (χ1v) is 5.46. The van der Waals surface area contributed by atoms with Crippen molar-refractivity contribution >= 4 is 5.97 Å². The molecule has 5 heteroatoms. The number of carbonyl (C=O) groups is 1. The third-order valence-electron chi connectivity index (χ3n) is 2.46. The minimum Gasteiger partial charge on any atom is -0.478 e.